The third kappa shape index (κ3) is 5.20. The number of ketones is 1. The third-order valence-corrected chi connectivity index (χ3v) is 6.31. The van der Waals surface area contributed by atoms with E-state index in [9.17, 15) is 14.4 Å². The van der Waals surface area contributed by atoms with Gasteiger partial charge in [-0.25, -0.2) is 0 Å². The van der Waals surface area contributed by atoms with Crippen LogP contribution in [0.15, 0.2) is 84.9 Å². The Kier molecular flexibility index (Phi) is 6.98. The highest BCUT2D eigenvalue weighted by atomic mass is 16.5. The lowest BCUT2D eigenvalue weighted by atomic mass is 9.78. The van der Waals surface area contributed by atoms with Crippen molar-refractivity contribution < 1.29 is 19.1 Å². The standard InChI is InChI=1S/C28H27NO4/c1-33-22-14-12-19(13-15-22)18-25-26(30)24(27(31)29-28(25)32)17-16-23(20-8-4-2-5-9-20)21-10-6-3-7-11-21/h2-15,23-25H,16-18H2,1H3,(H,29,31,32). The summed E-state index contributed by atoms with van der Waals surface area (Å²) >= 11 is 0. The predicted octanol–water partition coefficient (Wildman–Crippen LogP) is 4.31. The summed E-state index contributed by atoms with van der Waals surface area (Å²) in [5.41, 5.74) is 3.13. The van der Waals surface area contributed by atoms with Crippen molar-refractivity contribution in [3.05, 3.63) is 102 Å². The van der Waals surface area contributed by atoms with Crippen molar-refractivity contribution in [3.8, 4) is 5.75 Å². The molecule has 2 amide bonds. The van der Waals surface area contributed by atoms with Gasteiger partial charge in [0, 0.05) is 5.92 Å². The Labute approximate surface area is 193 Å². The number of hydrogen-bond acceptors (Lipinski definition) is 4. The minimum atomic E-state index is -0.868. The molecule has 0 bridgehead atoms. The van der Waals surface area contributed by atoms with Gasteiger partial charge in [0.1, 0.15) is 11.7 Å². The number of benzene rings is 3. The highest BCUT2D eigenvalue weighted by Gasteiger charge is 2.42. The van der Waals surface area contributed by atoms with Crippen LogP contribution in [0.5, 0.6) is 5.75 Å². The van der Waals surface area contributed by atoms with Gasteiger partial charge in [0.2, 0.25) is 11.8 Å². The Hall–Kier alpha value is -3.73. The molecule has 1 fully saturated rings. The van der Waals surface area contributed by atoms with Crippen LogP contribution in [0.25, 0.3) is 0 Å². The summed E-state index contributed by atoms with van der Waals surface area (Å²) < 4.78 is 5.17. The zero-order valence-electron chi connectivity index (χ0n) is 18.6. The summed E-state index contributed by atoms with van der Waals surface area (Å²) in [5.74, 6) is -2.23. The summed E-state index contributed by atoms with van der Waals surface area (Å²) in [6, 6.07) is 27.5. The molecule has 1 aliphatic rings. The van der Waals surface area contributed by atoms with Crippen LogP contribution in [0, 0.1) is 11.8 Å². The van der Waals surface area contributed by atoms with Crippen LogP contribution >= 0.6 is 0 Å². The molecule has 0 aliphatic carbocycles. The lowest BCUT2D eigenvalue weighted by Crippen LogP contribution is -2.53. The van der Waals surface area contributed by atoms with Gasteiger partial charge in [-0.2, -0.15) is 0 Å². The van der Waals surface area contributed by atoms with E-state index in [-0.39, 0.29) is 18.1 Å². The van der Waals surface area contributed by atoms with Gasteiger partial charge in [0.25, 0.3) is 0 Å². The Bertz CT molecular complexity index is 1070. The van der Waals surface area contributed by atoms with E-state index in [1.54, 1.807) is 19.2 Å². The van der Waals surface area contributed by atoms with Crippen LogP contribution < -0.4 is 10.1 Å². The lowest BCUT2D eigenvalue weighted by Gasteiger charge is -2.28. The Morgan fingerprint density at radius 1 is 0.758 bits per heavy atom. The third-order valence-electron chi connectivity index (χ3n) is 6.31. The number of rotatable bonds is 8. The van der Waals surface area contributed by atoms with E-state index in [4.69, 9.17) is 4.74 Å². The van der Waals surface area contributed by atoms with Gasteiger partial charge in [-0.05, 0) is 48.1 Å². The number of ether oxygens (including phenoxy) is 1. The molecule has 0 saturated carbocycles. The molecule has 3 aromatic rings. The van der Waals surface area contributed by atoms with Gasteiger partial charge in [-0.3, -0.25) is 19.7 Å². The van der Waals surface area contributed by atoms with Crippen molar-refractivity contribution in [2.24, 2.45) is 11.8 Å². The molecule has 1 saturated heterocycles. The van der Waals surface area contributed by atoms with Crippen molar-refractivity contribution >= 4 is 17.6 Å². The summed E-state index contributed by atoms with van der Waals surface area (Å²) in [4.78, 5) is 38.4. The van der Waals surface area contributed by atoms with E-state index in [2.05, 4.69) is 29.6 Å². The second kappa shape index (κ2) is 10.3. The molecule has 0 radical (unpaired) electrons. The van der Waals surface area contributed by atoms with Gasteiger partial charge in [0.05, 0.1) is 13.0 Å². The fourth-order valence-corrected chi connectivity index (χ4v) is 4.49. The van der Waals surface area contributed by atoms with Gasteiger partial charge in [-0.1, -0.05) is 72.8 Å². The molecule has 4 rings (SSSR count). The number of piperidine rings is 1. The first-order chi connectivity index (χ1) is 16.1. The molecule has 1 aliphatic heterocycles. The first-order valence-electron chi connectivity index (χ1n) is 11.2. The lowest BCUT2D eigenvalue weighted by molar-refractivity contribution is -0.148. The maximum absolute atomic E-state index is 13.3. The second-order valence-corrected chi connectivity index (χ2v) is 8.36. The Morgan fingerprint density at radius 3 is 1.85 bits per heavy atom. The monoisotopic (exact) mass is 441 g/mol. The molecule has 0 spiro atoms. The molecule has 5 nitrogen and oxygen atoms in total. The summed E-state index contributed by atoms with van der Waals surface area (Å²) in [5, 5.41) is 2.43. The van der Waals surface area contributed by atoms with Crippen molar-refractivity contribution in [2.45, 2.75) is 25.2 Å². The Balaban J connectivity index is 1.51. The number of nitrogens with one attached hydrogen (secondary N) is 1. The molecular weight excluding hydrogens is 414 g/mol. The molecule has 3 aromatic carbocycles. The number of carbonyl (C=O) groups excluding carboxylic acids is 3. The fraction of sp³-hybridized carbons (Fsp3) is 0.250. The topological polar surface area (TPSA) is 72.5 Å². The number of imide groups is 1. The number of amides is 2. The molecule has 33 heavy (non-hydrogen) atoms. The van der Waals surface area contributed by atoms with E-state index in [0.717, 1.165) is 16.7 Å². The van der Waals surface area contributed by atoms with Gasteiger partial charge < -0.3 is 4.74 Å². The molecule has 1 N–H and O–H groups in total. The van der Waals surface area contributed by atoms with Crippen molar-refractivity contribution in [1.29, 1.82) is 0 Å². The van der Waals surface area contributed by atoms with E-state index >= 15 is 0 Å². The normalized spacial score (nSPS) is 18.3. The SMILES string of the molecule is COc1ccc(CC2C(=O)NC(=O)C(CCC(c3ccccc3)c3ccccc3)C2=O)cc1. The average molecular weight is 442 g/mol. The maximum atomic E-state index is 13.3. The minimum Gasteiger partial charge on any atom is -0.497 e. The number of hydrogen-bond donors (Lipinski definition) is 1. The summed E-state index contributed by atoms with van der Waals surface area (Å²) in [7, 11) is 1.58. The predicted molar refractivity (Wildman–Crippen MR) is 126 cm³/mol. The average Bonchev–Trinajstić information content (AvgIpc) is 2.85. The molecule has 168 valence electrons. The van der Waals surface area contributed by atoms with Crippen LogP contribution in [0.1, 0.15) is 35.4 Å². The number of methoxy groups -OCH3 is 1. The van der Waals surface area contributed by atoms with Crippen molar-refractivity contribution in [1.82, 2.24) is 5.32 Å². The molecule has 5 heteroatoms. The quantitative estimate of drug-likeness (QED) is 0.418. The fourth-order valence-electron chi connectivity index (χ4n) is 4.49. The zero-order chi connectivity index (χ0) is 23.2. The minimum absolute atomic E-state index is 0.0608. The Morgan fingerprint density at radius 2 is 1.30 bits per heavy atom. The van der Waals surface area contributed by atoms with E-state index in [0.29, 0.717) is 18.6 Å². The van der Waals surface area contributed by atoms with E-state index < -0.39 is 23.7 Å². The maximum Gasteiger partial charge on any atom is 0.237 e. The molecule has 1 heterocycles. The van der Waals surface area contributed by atoms with E-state index in [1.807, 2.05) is 48.5 Å². The highest BCUT2D eigenvalue weighted by molar-refractivity contribution is 6.20. The number of Topliss-reactive ketones (excluding diaryl/α,β-unsaturated/α-hetero) is 1. The molecule has 0 aromatic heterocycles. The van der Waals surface area contributed by atoms with Gasteiger partial charge in [0.15, 0.2) is 5.78 Å². The van der Waals surface area contributed by atoms with Crippen molar-refractivity contribution in [3.63, 3.8) is 0 Å². The highest BCUT2D eigenvalue weighted by Crippen LogP contribution is 2.32. The summed E-state index contributed by atoms with van der Waals surface area (Å²) in [6.07, 6.45) is 1.27. The smallest absolute Gasteiger partial charge is 0.237 e. The van der Waals surface area contributed by atoms with Crippen LogP contribution in [0.3, 0.4) is 0 Å². The molecular formula is C28H27NO4. The molecule has 2 unspecified atom stereocenters. The van der Waals surface area contributed by atoms with Crippen LogP contribution in [0.4, 0.5) is 0 Å². The molecule has 2 atom stereocenters. The largest absolute Gasteiger partial charge is 0.497 e. The number of carbonyl (C=O) groups is 3. The van der Waals surface area contributed by atoms with Crippen molar-refractivity contribution in [2.75, 3.05) is 7.11 Å². The summed E-state index contributed by atoms with van der Waals surface area (Å²) in [6.45, 7) is 0. The van der Waals surface area contributed by atoms with Crippen LogP contribution in [-0.4, -0.2) is 24.7 Å². The van der Waals surface area contributed by atoms with Gasteiger partial charge >= 0.3 is 0 Å². The zero-order valence-corrected chi connectivity index (χ0v) is 18.6. The van der Waals surface area contributed by atoms with Crippen LogP contribution in [0.2, 0.25) is 0 Å². The van der Waals surface area contributed by atoms with E-state index in [1.165, 1.54) is 0 Å². The van der Waals surface area contributed by atoms with Crippen LogP contribution in [-0.2, 0) is 20.8 Å². The first kappa shape index (κ1) is 22.5. The first-order valence-corrected chi connectivity index (χ1v) is 11.2. The van der Waals surface area contributed by atoms with Gasteiger partial charge in [-0.15, -0.1) is 0 Å². The second-order valence-electron chi connectivity index (χ2n) is 8.36.